The number of rotatable bonds is 5. The van der Waals surface area contributed by atoms with Gasteiger partial charge in [0.15, 0.2) is 0 Å². The first-order chi connectivity index (χ1) is 14.5. The predicted molar refractivity (Wildman–Crippen MR) is 124 cm³/mol. The van der Waals surface area contributed by atoms with E-state index in [2.05, 4.69) is 37.4 Å². The van der Waals surface area contributed by atoms with Gasteiger partial charge in [-0.15, -0.1) is 0 Å². The molecule has 1 aromatic heterocycles. The van der Waals surface area contributed by atoms with Gasteiger partial charge in [0.2, 0.25) is 0 Å². The smallest absolute Gasteiger partial charge is 0.252 e. The number of carbonyl (C=O) groups excluding carboxylic acids is 1. The quantitative estimate of drug-likeness (QED) is 0.426. The summed E-state index contributed by atoms with van der Waals surface area (Å²) < 4.78 is 0. The van der Waals surface area contributed by atoms with Crippen molar-refractivity contribution < 1.29 is 4.79 Å². The monoisotopic (exact) mass is 414 g/mol. The van der Waals surface area contributed by atoms with Crippen molar-refractivity contribution in [1.29, 1.82) is 0 Å². The van der Waals surface area contributed by atoms with Gasteiger partial charge in [0.25, 0.3) is 5.91 Å². The molecular weight excluding hydrogens is 392 g/mol. The second-order valence-electron chi connectivity index (χ2n) is 7.53. The molecule has 150 valence electrons. The molecule has 1 amide bonds. The Kier molecular flexibility index (Phi) is 5.82. The first-order valence-corrected chi connectivity index (χ1v) is 10.4. The van der Waals surface area contributed by atoms with Gasteiger partial charge in [-0.25, -0.2) is 4.98 Å². The van der Waals surface area contributed by atoms with Gasteiger partial charge in [0.05, 0.1) is 16.8 Å². The number of hydrogen-bond acceptors (Lipinski definition) is 2. The van der Waals surface area contributed by atoms with Crippen molar-refractivity contribution >= 4 is 28.4 Å². The molecule has 0 atom stereocenters. The highest BCUT2D eigenvalue weighted by atomic mass is 35.5. The number of carbonyl (C=O) groups is 1. The molecule has 0 aliphatic rings. The first kappa shape index (κ1) is 20.1. The summed E-state index contributed by atoms with van der Waals surface area (Å²) in [6.45, 7) is 4.68. The maximum absolute atomic E-state index is 13.1. The van der Waals surface area contributed by atoms with E-state index in [1.165, 1.54) is 5.56 Å². The molecule has 3 aromatic carbocycles. The molecule has 0 saturated heterocycles. The van der Waals surface area contributed by atoms with Gasteiger partial charge >= 0.3 is 0 Å². The number of aryl methyl sites for hydroxylation is 2. The Bertz CT molecular complexity index is 1230. The normalized spacial score (nSPS) is 10.9. The maximum atomic E-state index is 13.1. The van der Waals surface area contributed by atoms with Crippen molar-refractivity contribution in [2.24, 2.45) is 0 Å². The third-order valence-electron chi connectivity index (χ3n) is 5.21. The zero-order valence-electron chi connectivity index (χ0n) is 17.1. The fraction of sp³-hybridized carbons (Fsp3) is 0.154. The van der Waals surface area contributed by atoms with Crippen molar-refractivity contribution in [3.8, 4) is 11.3 Å². The van der Waals surface area contributed by atoms with Crippen LogP contribution in [0.2, 0.25) is 5.02 Å². The molecule has 0 aliphatic carbocycles. The molecule has 0 unspecified atom stereocenters. The van der Waals surface area contributed by atoms with Gasteiger partial charge in [-0.05, 0) is 55.7 Å². The van der Waals surface area contributed by atoms with Crippen molar-refractivity contribution in [3.05, 3.63) is 100 Å². The minimum atomic E-state index is -0.0957. The lowest BCUT2D eigenvalue weighted by Gasteiger charge is -2.12. The highest BCUT2D eigenvalue weighted by Gasteiger charge is 2.14. The van der Waals surface area contributed by atoms with Crippen molar-refractivity contribution in [1.82, 2.24) is 10.3 Å². The summed E-state index contributed by atoms with van der Waals surface area (Å²) in [7, 11) is 0. The summed E-state index contributed by atoms with van der Waals surface area (Å²) in [5.41, 5.74) is 6.75. The van der Waals surface area contributed by atoms with Gasteiger partial charge in [-0.3, -0.25) is 4.79 Å². The van der Waals surface area contributed by atoms with Crippen molar-refractivity contribution in [3.63, 3.8) is 0 Å². The summed E-state index contributed by atoms with van der Waals surface area (Å²) in [6.07, 6.45) is 0.721. The summed E-state index contributed by atoms with van der Waals surface area (Å²) in [6, 6.07) is 23.7. The average Bonchev–Trinajstić information content (AvgIpc) is 2.73. The van der Waals surface area contributed by atoms with Crippen LogP contribution in [0.4, 0.5) is 0 Å². The van der Waals surface area contributed by atoms with E-state index in [1.54, 1.807) is 0 Å². The molecule has 4 aromatic rings. The van der Waals surface area contributed by atoms with E-state index in [1.807, 2.05) is 54.6 Å². The van der Waals surface area contributed by atoms with Gasteiger partial charge in [-0.2, -0.15) is 0 Å². The molecule has 0 aliphatic heterocycles. The van der Waals surface area contributed by atoms with Gasteiger partial charge in [0.1, 0.15) is 0 Å². The van der Waals surface area contributed by atoms with Crippen LogP contribution in [0.25, 0.3) is 22.2 Å². The topological polar surface area (TPSA) is 42.0 Å². The Morgan fingerprint density at radius 3 is 2.60 bits per heavy atom. The number of nitrogens with zero attached hydrogens (tertiary/aromatic N) is 1. The maximum Gasteiger partial charge on any atom is 0.252 e. The number of halogens is 1. The third-order valence-corrected chi connectivity index (χ3v) is 5.44. The van der Waals surface area contributed by atoms with E-state index in [9.17, 15) is 4.79 Å². The molecule has 1 heterocycles. The molecule has 3 nitrogen and oxygen atoms in total. The molecule has 0 saturated carbocycles. The van der Waals surface area contributed by atoms with E-state index >= 15 is 0 Å². The van der Waals surface area contributed by atoms with E-state index in [0.29, 0.717) is 17.1 Å². The molecule has 0 bridgehead atoms. The SMILES string of the molecule is Cc1ccc(-c2cc(C(=O)NCCc3cccc(Cl)c3)c3ccccc3n2)c(C)c1. The second-order valence-corrected chi connectivity index (χ2v) is 7.96. The summed E-state index contributed by atoms with van der Waals surface area (Å²) in [5, 5.41) is 4.61. The van der Waals surface area contributed by atoms with Crippen LogP contribution in [0.15, 0.2) is 72.8 Å². The number of amides is 1. The molecule has 4 heteroatoms. The average molecular weight is 415 g/mol. The Morgan fingerprint density at radius 1 is 0.967 bits per heavy atom. The van der Waals surface area contributed by atoms with Crippen LogP contribution in [0.3, 0.4) is 0 Å². The lowest BCUT2D eigenvalue weighted by atomic mass is 9.99. The van der Waals surface area contributed by atoms with E-state index in [4.69, 9.17) is 16.6 Å². The molecule has 0 radical (unpaired) electrons. The first-order valence-electron chi connectivity index (χ1n) is 10.0. The number of benzene rings is 3. The third kappa shape index (κ3) is 4.37. The van der Waals surface area contributed by atoms with Crippen LogP contribution in [0, 0.1) is 13.8 Å². The largest absolute Gasteiger partial charge is 0.352 e. The lowest BCUT2D eigenvalue weighted by Crippen LogP contribution is -2.26. The number of fused-ring (bicyclic) bond motifs is 1. The van der Waals surface area contributed by atoms with Crippen LogP contribution >= 0.6 is 11.6 Å². The van der Waals surface area contributed by atoms with Gasteiger partial charge in [0, 0.05) is 22.5 Å². The molecule has 0 fully saturated rings. The number of para-hydroxylation sites is 1. The second kappa shape index (κ2) is 8.68. The van der Waals surface area contributed by atoms with Crippen LogP contribution < -0.4 is 5.32 Å². The number of nitrogens with one attached hydrogen (secondary N) is 1. The number of hydrogen-bond donors (Lipinski definition) is 1. The van der Waals surface area contributed by atoms with Crippen molar-refractivity contribution in [2.75, 3.05) is 6.54 Å². The van der Waals surface area contributed by atoms with Crippen molar-refractivity contribution in [2.45, 2.75) is 20.3 Å². The Balaban J connectivity index is 1.64. The molecule has 0 spiro atoms. The van der Waals surface area contributed by atoms with E-state index < -0.39 is 0 Å². The van der Waals surface area contributed by atoms with Crippen LogP contribution in [0.5, 0.6) is 0 Å². The molecule has 4 rings (SSSR count). The van der Waals surface area contributed by atoms with E-state index in [-0.39, 0.29) is 5.91 Å². The zero-order valence-corrected chi connectivity index (χ0v) is 17.8. The highest BCUT2D eigenvalue weighted by molar-refractivity contribution is 6.30. The minimum absolute atomic E-state index is 0.0957. The number of aromatic nitrogens is 1. The fourth-order valence-corrected chi connectivity index (χ4v) is 3.92. The van der Waals surface area contributed by atoms with Gasteiger partial charge < -0.3 is 5.32 Å². The molecule has 1 N–H and O–H groups in total. The van der Waals surface area contributed by atoms with Gasteiger partial charge in [-0.1, -0.05) is 65.7 Å². The predicted octanol–water partition coefficient (Wildman–Crippen LogP) is 6.14. The molecule has 30 heavy (non-hydrogen) atoms. The number of pyridine rings is 1. The summed E-state index contributed by atoms with van der Waals surface area (Å²) in [4.78, 5) is 17.9. The van der Waals surface area contributed by atoms with Crippen LogP contribution in [-0.2, 0) is 6.42 Å². The lowest BCUT2D eigenvalue weighted by molar-refractivity contribution is 0.0956. The Hall–Kier alpha value is -3.17. The zero-order chi connectivity index (χ0) is 21.1. The Labute approximate surface area is 181 Å². The Morgan fingerprint density at radius 2 is 1.80 bits per heavy atom. The summed E-state index contributed by atoms with van der Waals surface area (Å²) >= 11 is 6.05. The van der Waals surface area contributed by atoms with Crippen LogP contribution in [-0.4, -0.2) is 17.4 Å². The summed E-state index contributed by atoms with van der Waals surface area (Å²) in [5.74, 6) is -0.0957. The standard InChI is InChI=1S/C26H23ClN2O/c1-17-10-11-21(18(2)14-17)25-16-23(22-8-3-4-9-24(22)29-25)26(30)28-13-12-19-6-5-7-20(27)15-19/h3-11,14-16H,12-13H2,1-2H3,(H,28,30). The van der Waals surface area contributed by atoms with Crippen LogP contribution in [0.1, 0.15) is 27.0 Å². The molecular formula is C26H23ClN2O. The minimum Gasteiger partial charge on any atom is -0.352 e. The fourth-order valence-electron chi connectivity index (χ4n) is 3.71. The van der Waals surface area contributed by atoms with E-state index in [0.717, 1.165) is 39.7 Å². The highest BCUT2D eigenvalue weighted by Crippen LogP contribution is 2.27.